The molecule has 0 aliphatic heterocycles. The van der Waals surface area contributed by atoms with Crippen LogP contribution in [0.25, 0.3) is 0 Å². The number of nitrogens with one attached hydrogen (secondary N) is 5. The van der Waals surface area contributed by atoms with Gasteiger partial charge in [0.25, 0.3) is 0 Å². The first-order chi connectivity index (χ1) is 18.2. The zero-order valence-electron chi connectivity index (χ0n) is 21.8. The molecule has 2 aromatic rings. The molecule has 2 heterocycles. The van der Waals surface area contributed by atoms with Crippen molar-refractivity contribution in [1.29, 1.82) is 0 Å². The molecule has 0 aliphatic rings. The summed E-state index contributed by atoms with van der Waals surface area (Å²) in [5.41, 5.74) is 12.8. The van der Waals surface area contributed by atoms with Gasteiger partial charge in [0.15, 0.2) is 0 Å². The van der Waals surface area contributed by atoms with E-state index < -0.39 is 47.9 Å². The lowest BCUT2D eigenvalue weighted by Gasteiger charge is -2.28. The van der Waals surface area contributed by atoms with E-state index in [1.807, 2.05) is 6.92 Å². The minimum Gasteiger partial charge on any atom is -0.480 e. The Morgan fingerprint density at radius 2 is 1.53 bits per heavy atom. The van der Waals surface area contributed by atoms with E-state index in [2.05, 4.69) is 35.9 Å². The molecule has 0 fully saturated rings. The number of rotatable bonds is 17. The number of aromatic amines is 2. The molecule has 210 valence electrons. The Kier molecular flexibility index (Phi) is 12.4. The molecule has 2 rings (SSSR count). The van der Waals surface area contributed by atoms with Gasteiger partial charge in [-0.1, -0.05) is 20.3 Å². The third kappa shape index (κ3) is 9.59. The lowest BCUT2D eigenvalue weighted by atomic mass is 9.96. The summed E-state index contributed by atoms with van der Waals surface area (Å²) in [4.78, 5) is 64.7. The molecule has 14 heteroatoms. The predicted molar refractivity (Wildman–Crippen MR) is 138 cm³/mol. The van der Waals surface area contributed by atoms with E-state index in [1.54, 1.807) is 13.1 Å². The number of carboxylic acid groups (broad SMARTS) is 1. The van der Waals surface area contributed by atoms with Gasteiger partial charge < -0.3 is 42.5 Å². The van der Waals surface area contributed by atoms with Crippen molar-refractivity contribution < 1.29 is 24.3 Å². The largest absolute Gasteiger partial charge is 0.480 e. The average molecular weight is 534 g/mol. The van der Waals surface area contributed by atoms with Gasteiger partial charge in [-0.2, -0.15) is 0 Å². The molecule has 5 atom stereocenters. The van der Waals surface area contributed by atoms with Crippen LogP contribution in [0.1, 0.15) is 50.9 Å². The maximum absolute atomic E-state index is 13.4. The summed E-state index contributed by atoms with van der Waals surface area (Å²) in [7, 11) is 0. The number of unbranched alkanes of at least 4 members (excludes halogenated alkanes) is 1. The molecule has 0 bridgehead atoms. The van der Waals surface area contributed by atoms with E-state index in [4.69, 9.17) is 11.5 Å². The smallest absolute Gasteiger partial charge is 0.326 e. The SMILES string of the molecule is CCC(C)C(NC(=O)C(Cc1cnc[nH]1)NC(=O)C(N)Cc1cnc[nH]1)C(=O)NC(CCCCN)C(=O)O. The van der Waals surface area contributed by atoms with Crippen molar-refractivity contribution in [3.8, 4) is 0 Å². The Morgan fingerprint density at radius 3 is 2.05 bits per heavy atom. The molecule has 2 aromatic heterocycles. The molecule has 10 N–H and O–H groups in total. The van der Waals surface area contributed by atoms with Crippen LogP contribution in [-0.4, -0.2) is 79.4 Å². The lowest BCUT2D eigenvalue weighted by Crippen LogP contribution is -2.59. The third-order valence-corrected chi connectivity index (χ3v) is 6.30. The van der Waals surface area contributed by atoms with Gasteiger partial charge in [0.1, 0.15) is 18.1 Å². The Morgan fingerprint density at radius 1 is 0.921 bits per heavy atom. The number of carbonyl (C=O) groups excluding carboxylic acids is 3. The van der Waals surface area contributed by atoms with Gasteiger partial charge in [-0.3, -0.25) is 14.4 Å². The average Bonchev–Trinajstić information content (AvgIpc) is 3.60. The van der Waals surface area contributed by atoms with Crippen molar-refractivity contribution in [3.63, 3.8) is 0 Å². The first-order valence-corrected chi connectivity index (χ1v) is 12.7. The molecule has 0 radical (unpaired) electrons. The monoisotopic (exact) mass is 533 g/mol. The maximum Gasteiger partial charge on any atom is 0.326 e. The molecule has 0 saturated heterocycles. The number of aromatic nitrogens is 4. The number of carboxylic acids is 1. The van der Waals surface area contributed by atoms with Gasteiger partial charge in [-0.15, -0.1) is 0 Å². The lowest BCUT2D eigenvalue weighted by molar-refractivity contribution is -0.143. The van der Waals surface area contributed by atoms with Crippen LogP contribution in [-0.2, 0) is 32.0 Å². The number of nitrogens with zero attached hydrogens (tertiary/aromatic N) is 2. The van der Waals surface area contributed by atoms with Crippen molar-refractivity contribution in [3.05, 3.63) is 36.4 Å². The summed E-state index contributed by atoms with van der Waals surface area (Å²) < 4.78 is 0. The van der Waals surface area contributed by atoms with Crippen LogP contribution in [0.4, 0.5) is 0 Å². The highest BCUT2D eigenvalue weighted by atomic mass is 16.4. The summed E-state index contributed by atoms with van der Waals surface area (Å²) >= 11 is 0. The number of aliphatic carboxylic acids is 1. The summed E-state index contributed by atoms with van der Waals surface area (Å²) in [6.45, 7) is 4.05. The van der Waals surface area contributed by atoms with Crippen LogP contribution in [0.3, 0.4) is 0 Å². The topological polar surface area (TPSA) is 234 Å². The molecule has 3 amide bonds. The molecular weight excluding hydrogens is 494 g/mol. The first-order valence-electron chi connectivity index (χ1n) is 12.7. The Labute approximate surface area is 221 Å². The predicted octanol–water partition coefficient (Wildman–Crippen LogP) is -1.04. The Hall–Kier alpha value is -3.78. The Balaban J connectivity index is 2.15. The first kappa shape index (κ1) is 30.4. The van der Waals surface area contributed by atoms with Crippen LogP contribution in [0.15, 0.2) is 25.0 Å². The van der Waals surface area contributed by atoms with Crippen molar-refractivity contribution in [2.24, 2.45) is 17.4 Å². The molecule has 38 heavy (non-hydrogen) atoms. The summed E-state index contributed by atoms with van der Waals surface area (Å²) in [6, 6.07) is -4.16. The van der Waals surface area contributed by atoms with E-state index in [0.717, 1.165) is 0 Å². The summed E-state index contributed by atoms with van der Waals surface area (Å²) in [5.74, 6) is -3.27. The van der Waals surface area contributed by atoms with Gasteiger partial charge in [-0.05, 0) is 31.7 Å². The van der Waals surface area contributed by atoms with Crippen LogP contribution < -0.4 is 27.4 Å². The highest BCUT2D eigenvalue weighted by molar-refractivity contribution is 5.94. The van der Waals surface area contributed by atoms with Crippen molar-refractivity contribution in [2.45, 2.75) is 76.5 Å². The second-order valence-electron chi connectivity index (χ2n) is 9.29. The number of hydrogen-bond acceptors (Lipinski definition) is 8. The third-order valence-electron chi connectivity index (χ3n) is 6.30. The minimum absolute atomic E-state index is 0.0695. The second-order valence-corrected chi connectivity index (χ2v) is 9.29. The fourth-order valence-electron chi connectivity index (χ4n) is 3.80. The number of amides is 3. The normalized spacial score (nSPS) is 15.1. The quantitative estimate of drug-likeness (QED) is 0.116. The van der Waals surface area contributed by atoms with Crippen molar-refractivity contribution in [2.75, 3.05) is 6.54 Å². The molecular formula is C24H39N9O5. The van der Waals surface area contributed by atoms with Crippen molar-refractivity contribution in [1.82, 2.24) is 35.9 Å². The van der Waals surface area contributed by atoms with Gasteiger partial charge >= 0.3 is 5.97 Å². The number of H-pyrrole nitrogens is 2. The summed E-state index contributed by atoms with van der Waals surface area (Å²) in [5, 5.41) is 17.5. The number of nitrogens with two attached hydrogens (primary N) is 2. The minimum atomic E-state index is -1.17. The zero-order chi connectivity index (χ0) is 28.1. The van der Waals surface area contributed by atoms with Gasteiger partial charge in [0.2, 0.25) is 17.7 Å². The van der Waals surface area contributed by atoms with E-state index in [-0.39, 0.29) is 25.2 Å². The molecule has 0 aliphatic carbocycles. The molecule has 14 nitrogen and oxygen atoms in total. The fraction of sp³-hybridized carbons (Fsp3) is 0.583. The van der Waals surface area contributed by atoms with E-state index in [1.165, 1.54) is 18.9 Å². The van der Waals surface area contributed by atoms with E-state index in [0.29, 0.717) is 37.2 Å². The Bertz CT molecular complexity index is 1010. The van der Waals surface area contributed by atoms with Gasteiger partial charge in [-0.25, -0.2) is 14.8 Å². The van der Waals surface area contributed by atoms with E-state index in [9.17, 15) is 24.3 Å². The van der Waals surface area contributed by atoms with Crippen LogP contribution >= 0.6 is 0 Å². The van der Waals surface area contributed by atoms with E-state index >= 15 is 0 Å². The summed E-state index contributed by atoms with van der Waals surface area (Å²) in [6.07, 6.45) is 8.16. The highest BCUT2D eigenvalue weighted by Gasteiger charge is 2.33. The molecule has 0 aromatic carbocycles. The zero-order valence-corrected chi connectivity index (χ0v) is 21.8. The standard InChI is InChI=1S/C24H39N9O5/c1-3-14(2)20(23(36)31-18(24(37)38)6-4-5-7-25)33-22(35)19(9-16-11-28-13-30-16)32-21(34)17(26)8-15-10-27-12-29-15/h10-14,17-20H,3-9,25-26H2,1-2H3,(H,27,29)(H,28,30)(H,31,36)(H,32,34)(H,33,35)(H,37,38). The number of imidazole rings is 2. The van der Waals surface area contributed by atoms with Gasteiger partial charge in [0, 0.05) is 36.6 Å². The second kappa shape index (κ2) is 15.5. The molecule has 5 unspecified atom stereocenters. The van der Waals surface area contributed by atoms with Gasteiger partial charge in [0.05, 0.1) is 18.7 Å². The van der Waals surface area contributed by atoms with Crippen LogP contribution in [0.5, 0.6) is 0 Å². The van der Waals surface area contributed by atoms with Crippen LogP contribution in [0.2, 0.25) is 0 Å². The number of carbonyl (C=O) groups is 4. The molecule has 0 spiro atoms. The highest BCUT2D eigenvalue weighted by Crippen LogP contribution is 2.11. The fourth-order valence-corrected chi connectivity index (χ4v) is 3.80. The number of hydrogen-bond donors (Lipinski definition) is 8. The molecule has 0 saturated carbocycles. The van der Waals surface area contributed by atoms with Crippen LogP contribution in [0, 0.1) is 5.92 Å². The van der Waals surface area contributed by atoms with Crippen molar-refractivity contribution >= 4 is 23.7 Å². The maximum atomic E-state index is 13.4.